The van der Waals surface area contributed by atoms with Crippen LogP contribution in [0.2, 0.25) is 0 Å². The van der Waals surface area contributed by atoms with Crippen LogP contribution in [0.1, 0.15) is 43.7 Å². The predicted molar refractivity (Wildman–Crippen MR) is 88.5 cm³/mol. The Bertz CT molecular complexity index is 526. The van der Waals surface area contributed by atoms with E-state index in [2.05, 4.69) is 9.80 Å². The van der Waals surface area contributed by atoms with Crippen molar-refractivity contribution in [2.24, 2.45) is 0 Å². The van der Waals surface area contributed by atoms with Gasteiger partial charge in [-0.15, -0.1) is 0 Å². The molecule has 2 aliphatic rings. The van der Waals surface area contributed by atoms with Crippen molar-refractivity contribution in [1.29, 1.82) is 0 Å². The van der Waals surface area contributed by atoms with Gasteiger partial charge in [0.15, 0.2) is 0 Å². The number of carboxylic acids is 1. The minimum atomic E-state index is -0.815. The Labute approximate surface area is 137 Å². The quantitative estimate of drug-likeness (QED) is 0.893. The van der Waals surface area contributed by atoms with Crippen molar-refractivity contribution >= 4 is 5.97 Å². The van der Waals surface area contributed by atoms with Crippen LogP contribution in [-0.4, -0.2) is 58.2 Å². The molecule has 1 heterocycles. The van der Waals surface area contributed by atoms with Crippen LogP contribution < -0.4 is 0 Å². The van der Waals surface area contributed by atoms with Crippen LogP contribution in [0.25, 0.3) is 0 Å². The number of hydrogen-bond acceptors (Lipinski definition) is 4. The van der Waals surface area contributed by atoms with Gasteiger partial charge < -0.3 is 10.2 Å². The average molecular weight is 318 g/mol. The zero-order chi connectivity index (χ0) is 16.2. The highest BCUT2D eigenvalue weighted by molar-refractivity contribution is 5.75. The second-order valence-corrected chi connectivity index (χ2v) is 6.70. The second-order valence-electron chi connectivity index (χ2n) is 6.70. The van der Waals surface area contributed by atoms with Crippen LogP contribution in [0.15, 0.2) is 24.3 Å². The lowest BCUT2D eigenvalue weighted by molar-refractivity contribution is -0.143. The molecule has 5 heteroatoms. The first kappa shape index (κ1) is 16.3. The number of hydrogen-bond donors (Lipinski definition) is 2. The van der Waals surface area contributed by atoms with Crippen molar-refractivity contribution in [1.82, 2.24) is 9.80 Å². The van der Waals surface area contributed by atoms with Crippen LogP contribution in [0.3, 0.4) is 0 Å². The summed E-state index contributed by atoms with van der Waals surface area (Å²) in [6.45, 7) is 3.62. The number of phenolic OH excluding ortho intramolecular Hbond substituents is 1. The van der Waals surface area contributed by atoms with Crippen molar-refractivity contribution in [2.75, 3.05) is 26.2 Å². The van der Waals surface area contributed by atoms with Gasteiger partial charge >= 0.3 is 5.97 Å². The Morgan fingerprint density at radius 1 is 1.00 bits per heavy atom. The van der Waals surface area contributed by atoms with E-state index in [4.69, 9.17) is 0 Å². The zero-order valence-electron chi connectivity index (χ0n) is 13.5. The molecule has 0 radical (unpaired) electrons. The molecule has 1 unspecified atom stereocenters. The molecule has 126 valence electrons. The molecule has 1 aliphatic heterocycles. The fourth-order valence-electron chi connectivity index (χ4n) is 4.02. The lowest BCUT2D eigenvalue weighted by atomic mass is 10.0. The Morgan fingerprint density at radius 2 is 1.70 bits per heavy atom. The Kier molecular flexibility index (Phi) is 5.18. The third-order valence-electron chi connectivity index (χ3n) is 5.21. The first-order valence-electron chi connectivity index (χ1n) is 8.65. The van der Waals surface area contributed by atoms with E-state index in [0.717, 1.165) is 38.2 Å². The van der Waals surface area contributed by atoms with Crippen LogP contribution >= 0.6 is 0 Å². The number of benzene rings is 1. The summed E-state index contributed by atoms with van der Waals surface area (Å²) in [6.07, 6.45) is 6.26. The number of carboxylic acid groups (broad SMARTS) is 1. The molecule has 2 N–H and O–H groups in total. The Morgan fingerprint density at radius 3 is 2.35 bits per heavy atom. The molecule has 1 saturated carbocycles. The minimum Gasteiger partial charge on any atom is -0.508 e. The predicted octanol–water partition coefficient (Wildman–Crippen LogP) is 2.47. The standard InChI is InChI=1S/C18H26N2O3/c21-16-8-6-14(7-9-16)17(18(22)23)20-11-3-10-19(12-13-20)15-4-1-2-5-15/h6-9,15,17,21H,1-5,10-13H2,(H,22,23). The lowest BCUT2D eigenvalue weighted by Gasteiger charge is -2.29. The molecular weight excluding hydrogens is 292 g/mol. The van der Waals surface area contributed by atoms with Crippen molar-refractivity contribution in [3.63, 3.8) is 0 Å². The smallest absolute Gasteiger partial charge is 0.325 e. The highest BCUT2D eigenvalue weighted by atomic mass is 16.4. The summed E-state index contributed by atoms with van der Waals surface area (Å²) in [5, 5.41) is 19.1. The fourth-order valence-corrected chi connectivity index (χ4v) is 4.02. The molecular formula is C18H26N2O3. The molecule has 1 saturated heterocycles. The van der Waals surface area contributed by atoms with E-state index in [1.807, 2.05) is 0 Å². The number of nitrogens with zero attached hydrogens (tertiary/aromatic N) is 2. The van der Waals surface area contributed by atoms with E-state index in [9.17, 15) is 15.0 Å². The van der Waals surface area contributed by atoms with Crippen molar-refractivity contribution in [3.8, 4) is 5.75 Å². The number of phenols is 1. The molecule has 23 heavy (non-hydrogen) atoms. The molecule has 0 aromatic heterocycles. The molecule has 1 aromatic rings. The van der Waals surface area contributed by atoms with Crippen molar-refractivity contribution in [2.45, 2.75) is 44.2 Å². The van der Waals surface area contributed by atoms with Crippen LogP contribution in [0.4, 0.5) is 0 Å². The van der Waals surface area contributed by atoms with Crippen molar-refractivity contribution in [3.05, 3.63) is 29.8 Å². The largest absolute Gasteiger partial charge is 0.508 e. The molecule has 1 aliphatic carbocycles. The van der Waals surface area contributed by atoms with E-state index in [1.54, 1.807) is 24.3 Å². The van der Waals surface area contributed by atoms with Gasteiger partial charge in [0.1, 0.15) is 11.8 Å². The summed E-state index contributed by atoms with van der Waals surface area (Å²) in [6, 6.07) is 6.63. The van der Waals surface area contributed by atoms with Gasteiger partial charge in [-0.05, 0) is 43.5 Å². The summed E-state index contributed by atoms with van der Waals surface area (Å²) in [7, 11) is 0. The number of aromatic hydroxyl groups is 1. The average Bonchev–Trinajstić information content (AvgIpc) is 2.96. The third kappa shape index (κ3) is 3.85. The van der Waals surface area contributed by atoms with Gasteiger partial charge in [-0.3, -0.25) is 14.6 Å². The lowest BCUT2D eigenvalue weighted by Crippen LogP contribution is -2.39. The molecule has 3 rings (SSSR count). The molecule has 1 aromatic carbocycles. The van der Waals surface area contributed by atoms with Gasteiger partial charge in [0.2, 0.25) is 0 Å². The molecule has 0 spiro atoms. The number of aliphatic carboxylic acids is 1. The highest BCUT2D eigenvalue weighted by Crippen LogP contribution is 2.27. The zero-order valence-corrected chi connectivity index (χ0v) is 13.5. The van der Waals surface area contributed by atoms with E-state index in [0.29, 0.717) is 6.04 Å². The van der Waals surface area contributed by atoms with Crippen LogP contribution in [0, 0.1) is 0 Å². The van der Waals surface area contributed by atoms with E-state index < -0.39 is 12.0 Å². The molecule has 5 nitrogen and oxygen atoms in total. The van der Waals surface area contributed by atoms with Gasteiger partial charge in [-0.2, -0.15) is 0 Å². The summed E-state index contributed by atoms with van der Waals surface area (Å²) in [4.78, 5) is 16.4. The topological polar surface area (TPSA) is 64.0 Å². The third-order valence-corrected chi connectivity index (χ3v) is 5.21. The monoisotopic (exact) mass is 318 g/mol. The summed E-state index contributed by atoms with van der Waals surface area (Å²) >= 11 is 0. The second kappa shape index (κ2) is 7.32. The number of rotatable bonds is 4. The molecule has 2 fully saturated rings. The summed E-state index contributed by atoms with van der Waals surface area (Å²) in [5.74, 6) is -0.647. The normalized spacial score (nSPS) is 22.8. The first-order valence-corrected chi connectivity index (χ1v) is 8.65. The maximum absolute atomic E-state index is 11.8. The first-order chi connectivity index (χ1) is 11.1. The number of carbonyl (C=O) groups is 1. The Balaban J connectivity index is 1.70. The molecule has 0 bridgehead atoms. The van der Waals surface area contributed by atoms with Gasteiger partial charge in [0.05, 0.1) is 0 Å². The summed E-state index contributed by atoms with van der Waals surface area (Å²) in [5.41, 5.74) is 0.740. The van der Waals surface area contributed by atoms with E-state index >= 15 is 0 Å². The van der Waals surface area contributed by atoms with Gasteiger partial charge in [0, 0.05) is 25.7 Å². The van der Waals surface area contributed by atoms with Crippen LogP contribution in [0.5, 0.6) is 5.75 Å². The minimum absolute atomic E-state index is 0.168. The van der Waals surface area contributed by atoms with E-state index in [1.165, 1.54) is 25.7 Å². The molecule has 0 amide bonds. The highest BCUT2D eigenvalue weighted by Gasteiger charge is 2.31. The maximum atomic E-state index is 11.8. The SMILES string of the molecule is O=C(O)C(c1ccc(O)cc1)N1CCCN(C2CCCC2)CC1. The molecule has 1 atom stereocenters. The fraction of sp³-hybridized carbons (Fsp3) is 0.611. The van der Waals surface area contributed by atoms with Gasteiger partial charge in [-0.1, -0.05) is 25.0 Å². The van der Waals surface area contributed by atoms with Crippen LogP contribution in [-0.2, 0) is 4.79 Å². The Hall–Kier alpha value is -1.59. The maximum Gasteiger partial charge on any atom is 0.325 e. The van der Waals surface area contributed by atoms with Gasteiger partial charge in [-0.25, -0.2) is 0 Å². The van der Waals surface area contributed by atoms with Gasteiger partial charge in [0.25, 0.3) is 0 Å². The van der Waals surface area contributed by atoms with Crippen molar-refractivity contribution < 1.29 is 15.0 Å². The summed E-state index contributed by atoms with van der Waals surface area (Å²) < 4.78 is 0. The van der Waals surface area contributed by atoms with E-state index in [-0.39, 0.29) is 5.75 Å².